The molecule has 0 aromatic rings. The van der Waals surface area contributed by atoms with Crippen LogP contribution in [-0.4, -0.2) is 166 Å². The summed E-state index contributed by atoms with van der Waals surface area (Å²) >= 11 is 0. The van der Waals surface area contributed by atoms with Crippen molar-refractivity contribution >= 4 is 65.1 Å². The maximum Gasteiger partial charge on any atom is 0.305 e. The van der Waals surface area contributed by atoms with Crippen LogP contribution in [0.5, 0.6) is 0 Å². The summed E-state index contributed by atoms with van der Waals surface area (Å²) in [7, 11) is 0. The van der Waals surface area contributed by atoms with E-state index >= 15 is 0 Å². The Labute approximate surface area is 389 Å². The Morgan fingerprint density at radius 3 is 1.78 bits per heavy atom. The molecule has 380 valence electrons. The van der Waals surface area contributed by atoms with Gasteiger partial charge in [0.05, 0.1) is 37.6 Å². The standard InChI is InChI=1S/C41H72N12O14/c1-20(2)16-26(39(65)51-27(17-32(58)59)38(64)47-23(6)36(62)46-19-30(55)52-33(21(3)4)34(44)60)50-37(63)24(10-7-8-14-42)49-40(66)28-11-9-15-53(28)41(67)25(12-13-31(56)57)48-29(54)18-45-35(61)22(5)43/h20-28,33,40,49,66H,7-19,42-43H2,1-6H3,(H2,44,60)(H,45,61)(H,46,62)(H,47,64)(H,48,54)(H,50,63)(H,51,65)(H,52,55)(H,56,57)(H,58,59). The molecule has 1 aliphatic rings. The molecule has 0 aromatic carbocycles. The molecule has 0 bridgehead atoms. The Morgan fingerprint density at radius 2 is 1.24 bits per heavy atom. The maximum absolute atomic E-state index is 14.0. The molecule has 1 fully saturated rings. The number of aliphatic carboxylic acids is 2. The monoisotopic (exact) mass is 957 g/mol. The summed E-state index contributed by atoms with van der Waals surface area (Å²) in [6.07, 6.45) is -1.79. The Kier molecular flexibility index (Phi) is 26.1. The number of hydrogen-bond acceptors (Lipinski definition) is 15. The first-order chi connectivity index (χ1) is 31.3. The smallest absolute Gasteiger partial charge is 0.305 e. The Morgan fingerprint density at radius 1 is 0.672 bits per heavy atom. The van der Waals surface area contributed by atoms with Crippen molar-refractivity contribution in [3.05, 3.63) is 0 Å². The molecule has 1 aliphatic heterocycles. The van der Waals surface area contributed by atoms with E-state index in [0.717, 1.165) is 0 Å². The van der Waals surface area contributed by atoms with Crippen molar-refractivity contribution in [3.63, 3.8) is 0 Å². The second-order valence-corrected chi connectivity index (χ2v) is 17.2. The van der Waals surface area contributed by atoms with Gasteiger partial charge in [-0.05, 0) is 70.8 Å². The topological polar surface area (TPSA) is 426 Å². The highest BCUT2D eigenvalue weighted by molar-refractivity contribution is 5.97. The van der Waals surface area contributed by atoms with Crippen molar-refractivity contribution in [1.29, 1.82) is 0 Å². The van der Waals surface area contributed by atoms with E-state index in [0.29, 0.717) is 19.3 Å². The zero-order valence-electron chi connectivity index (χ0n) is 39.1. The van der Waals surface area contributed by atoms with Gasteiger partial charge in [0.15, 0.2) is 0 Å². The van der Waals surface area contributed by atoms with Gasteiger partial charge in [-0.25, -0.2) is 0 Å². The number of aliphatic hydroxyl groups excluding tert-OH is 1. The Hall–Kier alpha value is -5.99. The van der Waals surface area contributed by atoms with Gasteiger partial charge < -0.3 is 74.6 Å². The molecule has 67 heavy (non-hydrogen) atoms. The molecule has 0 radical (unpaired) electrons. The Bertz CT molecular complexity index is 1750. The highest BCUT2D eigenvalue weighted by Gasteiger charge is 2.40. The number of unbranched alkanes of at least 4 members (excludes halogenated alkanes) is 1. The van der Waals surface area contributed by atoms with Crippen LogP contribution in [0.3, 0.4) is 0 Å². The average Bonchev–Trinajstić information content (AvgIpc) is 3.74. The molecule has 1 heterocycles. The van der Waals surface area contributed by atoms with E-state index in [1.165, 1.54) is 18.7 Å². The zero-order valence-corrected chi connectivity index (χ0v) is 39.1. The van der Waals surface area contributed by atoms with Crippen molar-refractivity contribution in [3.8, 4) is 0 Å². The predicted molar refractivity (Wildman–Crippen MR) is 238 cm³/mol. The third-order valence-electron chi connectivity index (χ3n) is 10.5. The first-order valence-corrected chi connectivity index (χ1v) is 22.3. The van der Waals surface area contributed by atoms with E-state index < -0.39 is 146 Å². The van der Waals surface area contributed by atoms with Crippen molar-refractivity contribution < 1.29 is 68.1 Å². The van der Waals surface area contributed by atoms with Crippen LogP contribution < -0.4 is 59.7 Å². The first-order valence-electron chi connectivity index (χ1n) is 22.3. The lowest BCUT2D eigenvalue weighted by molar-refractivity contribution is -0.142. The van der Waals surface area contributed by atoms with Gasteiger partial charge in [-0.3, -0.25) is 58.1 Å². The van der Waals surface area contributed by atoms with Gasteiger partial charge in [0.1, 0.15) is 36.4 Å². The molecule has 0 saturated carbocycles. The summed E-state index contributed by atoms with van der Waals surface area (Å²) in [4.78, 5) is 141. The molecule has 0 spiro atoms. The molecule has 9 amide bonds. The fourth-order valence-corrected chi connectivity index (χ4v) is 6.92. The summed E-state index contributed by atoms with van der Waals surface area (Å²) in [6.45, 7) is 8.64. The molecular formula is C41H72N12O14. The molecule has 17 N–H and O–H groups in total. The quantitative estimate of drug-likeness (QED) is 0.0228. The number of nitrogens with two attached hydrogens (primary N) is 3. The summed E-state index contributed by atoms with van der Waals surface area (Å²) in [5.74, 6) is -10.7. The van der Waals surface area contributed by atoms with Gasteiger partial charge >= 0.3 is 11.9 Å². The third-order valence-corrected chi connectivity index (χ3v) is 10.5. The summed E-state index contributed by atoms with van der Waals surface area (Å²) in [6, 6.07) is -9.91. The number of hydrogen-bond donors (Lipinski definition) is 14. The minimum absolute atomic E-state index is 0.00532. The minimum atomic E-state index is -1.75. The third kappa shape index (κ3) is 21.9. The van der Waals surface area contributed by atoms with Gasteiger partial charge in [0.25, 0.3) is 0 Å². The fourth-order valence-electron chi connectivity index (χ4n) is 6.92. The van der Waals surface area contributed by atoms with Gasteiger partial charge in [-0.1, -0.05) is 34.1 Å². The van der Waals surface area contributed by atoms with Gasteiger partial charge in [0, 0.05) is 13.0 Å². The summed E-state index contributed by atoms with van der Waals surface area (Å²) in [5.41, 5.74) is 16.5. The zero-order chi connectivity index (χ0) is 51.1. The normalized spacial score (nSPS) is 17.1. The van der Waals surface area contributed by atoms with E-state index in [9.17, 15) is 68.1 Å². The summed E-state index contributed by atoms with van der Waals surface area (Å²) < 4.78 is 0. The second kappa shape index (κ2) is 29.6. The van der Waals surface area contributed by atoms with Crippen LogP contribution in [0.4, 0.5) is 0 Å². The molecule has 26 nitrogen and oxygen atoms in total. The van der Waals surface area contributed by atoms with E-state index in [-0.39, 0.29) is 50.6 Å². The number of nitrogens with zero attached hydrogens (tertiary/aromatic N) is 1. The number of primary amides is 1. The van der Waals surface area contributed by atoms with Crippen LogP contribution in [0, 0.1) is 11.8 Å². The first kappa shape index (κ1) is 59.0. The van der Waals surface area contributed by atoms with Crippen molar-refractivity contribution in [2.45, 2.75) is 154 Å². The lowest BCUT2D eigenvalue weighted by Crippen LogP contribution is -2.60. The number of aliphatic hydroxyl groups is 1. The molecule has 9 unspecified atom stereocenters. The number of carbonyl (C=O) groups excluding carboxylic acids is 9. The number of carboxylic acid groups (broad SMARTS) is 2. The van der Waals surface area contributed by atoms with Crippen molar-refractivity contribution in [2.75, 3.05) is 26.2 Å². The van der Waals surface area contributed by atoms with Crippen LogP contribution in [0.2, 0.25) is 0 Å². The van der Waals surface area contributed by atoms with Gasteiger partial charge in [-0.2, -0.15) is 0 Å². The fraction of sp³-hybridized carbons (Fsp3) is 0.732. The minimum Gasteiger partial charge on any atom is -0.481 e. The highest BCUT2D eigenvalue weighted by Crippen LogP contribution is 2.22. The van der Waals surface area contributed by atoms with E-state index in [2.05, 4.69) is 42.5 Å². The lowest BCUT2D eigenvalue weighted by atomic mass is 10.0. The van der Waals surface area contributed by atoms with E-state index in [4.69, 9.17) is 17.2 Å². The van der Waals surface area contributed by atoms with E-state index in [1.807, 2.05) is 0 Å². The molecule has 1 saturated heterocycles. The van der Waals surface area contributed by atoms with Crippen LogP contribution in [0.25, 0.3) is 0 Å². The van der Waals surface area contributed by atoms with Crippen LogP contribution in [0.15, 0.2) is 0 Å². The molecule has 9 atom stereocenters. The van der Waals surface area contributed by atoms with Crippen molar-refractivity contribution in [2.24, 2.45) is 29.0 Å². The van der Waals surface area contributed by atoms with Crippen molar-refractivity contribution in [1.82, 2.24) is 47.4 Å². The largest absolute Gasteiger partial charge is 0.481 e. The predicted octanol–water partition coefficient (Wildman–Crippen LogP) is -5.07. The number of nitrogens with one attached hydrogen (secondary N) is 8. The highest BCUT2D eigenvalue weighted by atomic mass is 16.4. The lowest BCUT2D eigenvalue weighted by Gasteiger charge is -2.34. The SMILES string of the molecule is CC(C)CC(NC(=O)C(CCCCN)NC(O)C1CCCN1C(=O)C(CCC(=O)O)NC(=O)CNC(=O)C(C)N)C(=O)NC(CC(=O)O)C(=O)NC(C)C(=O)NCC(=O)NC(C(N)=O)C(C)C. The van der Waals surface area contributed by atoms with E-state index in [1.54, 1.807) is 27.7 Å². The van der Waals surface area contributed by atoms with Crippen LogP contribution in [-0.2, 0) is 52.7 Å². The molecule has 0 aromatic heterocycles. The number of rotatable bonds is 31. The molecular weight excluding hydrogens is 885 g/mol. The van der Waals surface area contributed by atoms with Crippen LogP contribution in [0.1, 0.15) is 99.3 Å². The number of carbonyl (C=O) groups is 11. The number of likely N-dealkylation sites (tertiary alicyclic amines) is 1. The Balaban J connectivity index is 3.22. The summed E-state index contributed by atoms with van der Waals surface area (Å²) in [5, 5.41) is 50.0. The average molecular weight is 957 g/mol. The van der Waals surface area contributed by atoms with Gasteiger partial charge in [-0.15, -0.1) is 0 Å². The second-order valence-electron chi connectivity index (χ2n) is 17.2. The maximum atomic E-state index is 14.0. The molecule has 26 heteroatoms. The number of carboxylic acids is 2. The molecule has 1 rings (SSSR count). The number of amides is 9. The van der Waals surface area contributed by atoms with Gasteiger partial charge in [0.2, 0.25) is 53.2 Å². The molecule has 0 aliphatic carbocycles. The van der Waals surface area contributed by atoms with Crippen LogP contribution >= 0.6 is 0 Å².